The van der Waals surface area contributed by atoms with Crippen LogP contribution in [0.1, 0.15) is 31.0 Å². The maximum absolute atomic E-state index is 13.6. The van der Waals surface area contributed by atoms with E-state index >= 15 is 0 Å². The van der Waals surface area contributed by atoms with E-state index < -0.39 is 30.4 Å². The van der Waals surface area contributed by atoms with Crippen molar-refractivity contribution in [2.24, 2.45) is 4.99 Å². The number of hydrogen-bond donors (Lipinski definition) is 1. The topological polar surface area (TPSA) is 107 Å². The summed E-state index contributed by atoms with van der Waals surface area (Å²) in [5, 5.41) is 8.82. The molecule has 0 saturated carbocycles. The minimum atomic E-state index is -1.10. The van der Waals surface area contributed by atoms with Gasteiger partial charge in [0.2, 0.25) is 0 Å². The molecule has 8 nitrogen and oxygen atoms in total. The molecule has 4 rings (SSSR count). The predicted molar refractivity (Wildman–Crippen MR) is 126 cm³/mol. The van der Waals surface area contributed by atoms with Crippen molar-refractivity contribution in [1.82, 2.24) is 4.57 Å². The number of carbonyl (C=O) groups excluding carboxylic acids is 1. The van der Waals surface area contributed by atoms with Gasteiger partial charge >= 0.3 is 11.9 Å². The number of carbonyl (C=O) groups is 2. The molecule has 1 atom stereocenters. The van der Waals surface area contributed by atoms with Gasteiger partial charge in [-0.05, 0) is 55.3 Å². The average molecular weight is 497 g/mol. The second kappa shape index (κ2) is 10.1. The Hall–Kier alpha value is -4.05. The zero-order chi connectivity index (χ0) is 25.1. The Balaban J connectivity index is 1.85. The molecule has 10 heteroatoms. The van der Waals surface area contributed by atoms with E-state index in [1.54, 1.807) is 44.2 Å². The first-order valence-electron chi connectivity index (χ1n) is 10.7. The van der Waals surface area contributed by atoms with E-state index in [0.29, 0.717) is 31.9 Å². The lowest BCUT2D eigenvalue weighted by Crippen LogP contribution is -2.39. The van der Waals surface area contributed by atoms with Gasteiger partial charge < -0.3 is 14.6 Å². The molecule has 0 aliphatic carbocycles. The van der Waals surface area contributed by atoms with Crippen LogP contribution in [0.4, 0.5) is 4.39 Å². The third-order valence-electron chi connectivity index (χ3n) is 5.22. The van der Waals surface area contributed by atoms with E-state index in [1.807, 2.05) is 0 Å². The number of halogens is 1. The lowest BCUT2D eigenvalue weighted by atomic mass is 9.96. The van der Waals surface area contributed by atoms with Gasteiger partial charge in [0.05, 0.1) is 28.5 Å². The number of aliphatic carboxylic acids is 1. The fourth-order valence-corrected chi connectivity index (χ4v) is 4.79. The van der Waals surface area contributed by atoms with Crippen LogP contribution in [0, 0.1) is 5.82 Å². The molecule has 1 N–H and O–H groups in total. The largest absolute Gasteiger partial charge is 0.482 e. The van der Waals surface area contributed by atoms with E-state index in [2.05, 4.69) is 4.99 Å². The van der Waals surface area contributed by atoms with Gasteiger partial charge in [0.1, 0.15) is 11.6 Å². The van der Waals surface area contributed by atoms with Gasteiger partial charge in [0.15, 0.2) is 11.4 Å². The number of rotatable bonds is 7. The van der Waals surface area contributed by atoms with Crippen molar-refractivity contribution in [3.05, 3.63) is 96.4 Å². The van der Waals surface area contributed by atoms with Gasteiger partial charge in [0, 0.05) is 0 Å². The summed E-state index contributed by atoms with van der Waals surface area (Å²) in [7, 11) is 0. The first-order chi connectivity index (χ1) is 16.8. The second-order valence-corrected chi connectivity index (χ2v) is 8.62. The van der Waals surface area contributed by atoms with Crippen molar-refractivity contribution < 1.29 is 28.6 Å². The minimum absolute atomic E-state index is 0.149. The summed E-state index contributed by atoms with van der Waals surface area (Å²) in [6.45, 7) is 3.02. The number of ether oxygens (including phenoxy) is 2. The van der Waals surface area contributed by atoms with Gasteiger partial charge in [-0.2, -0.15) is 0 Å². The fourth-order valence-electron chi connectivity index (χ4n) is 3.74. The molecule has 0 bridgehead atoms. The SMILES string of the molecule is CCOC(=O)C1=C(C)N=c2sc(=Cc3cccc(OCC(=O)O)c3)c(=O)n2[C@@H]1c1ccc(F)cc1. The Bertz CT molecular complexity index is 1500. The normalized spacial score (nSPS) is 15.4. The highest BCUT2D eigenvalue weighted by atomic mass is 32.1. The molecule has 3 aromatic rings. The summed E-state index contributed by atoms with van der Waals surface area (Å²) >= 11 is 1.15. The van der Waals surface area contributed by atoms with Crippen molar-refractivity contribution in [3.8, 4) is 5.75 Å². The number of thiazole rings is 1. The second-order valence-electron chi connectivity index (χ2n) is 7.61. The van der Waals surface area contributed by atoms with Crippen LogP contribution in [0.5, 0.6) is 5.75 Å². The lowest BCUT2D eigenvalue weighted by Gasteiger charge is -2.24. The summed E-state index contributed by atoms with van der Waals surface area (Å²) in [6.07, 6.45) is 1.64. The van der Waals surface area contributed by atoms with Crippen LogP contribution in [0.15, 0.2) is 69.6 Å². The van der Waals surface area contributed by atoms with Crippen LogP contribution < -0.4 is 19.6 Å². The molecular weight excluding hydrogens is 475 g/mol. The van der Waals surface area contributed by atoms with E-state index in [-0.39, 0.29) is 17.7 Å². The highest BCUT2D eigenvalue weighted by Crippen LogP contribution is 2.30. The number of allylic oxidation sites excluding steroid dienone is 1. The molecule has 1 aliphatic heterocycles. The maximum Gasteiger partial charge on any atom is 0.341 e. The van der Waals surface area contributed by atoms with Gasteiger partial charge in [-0.25, -0.2) is 19.0 Å². The maximum atomic E-state index is 13.6. The van der Waals surface area contributed by atoms with Crippen molar-refractivity contribution in [1.29, 1.82) is 0 Å². The summed E-state index contributed by atoms with van der Waals surface area (Å²) in [6, 6.07) is 11.4. The van der Waals surface area contributed by atoms with Crippen molar-refractivity contribution in [3.63, 3.8) is 0 Å². The number of fused-ring (bicyclic) bond motifs is 1. The summed E-state index contributed by atoms with van der Waals surface area (Å²) < 4.78 is 25.8. The van der Waals surface area contributed by atoms with E-state index in [1.165, 1.54) is 28.8 Å². The Morgan fingerprint density at radius 3 is 2.66 bits per heavy atom. The molecular formula is C25H21FN2O6S. The summed E-state index contributed by atoms with van der Waals surface area (Å²) in [5.41, 5.74) is 1.41. The number of carboxylic acid groups (broad SMARTS) is 1. The van der Waals surface area contributed by atoms with Crippen molar-refractivity contribution >= 4 is 29.4 Å². The molecule has 0 fully saturated rings. The van der Waals surface area contributed by atoms with Crippen LogP contribution in [-0.4, -0.2) is 34.8 Å². The van der Waals surface area contributed by atoms with E-state index in [9.17, 15) is 18.8 Å². The quantitative estimate of drug-likeness (QED) is 0.504. The molecule has 1 aliphatic rings. The van der Waals surface area contributed by atoms with Crippen LogP contribution in [-0.2, 0) is 14.3 Å². The molecule has 2 aromatic carbocycles. The molecule has 35 heavy (non-hydrogen) atoms. The van der Waals surface area contributed by atoms with Crippen LogP contribution in [0.2, 0.25) is 0 Å². The first-order valence-corrected chi connectivity index (χ1v) is 11.5. The number of benzene rings is 2. The highest BCUT2D eigenvalue weighted by molar-refractivity contribution is 7.07. The van der Waals surface area contributed by atoms with Gasteiger partial charge in [0.25, 0.3) is 5.56 Å². The monoisotopic (exact) mass is 496 g/mol. The Morgan fingerprint density at radius 2 is 1.97 bits per heavy atom. The van der Waals surface area contributed by atoms with Gasteiger partial charge in [-0.15, -0.1) is 0 Å². The van der Waals surface area contributed by atoms with Crippen molar-refractivity contribution in [2.45, 2.75) is 19.9 Å². The molecule has 0 unspecified atom stereocenters. The zero-order valence-electron chi connectivity index (χ0n) is 18.9. The number of nitrogens with zero attached hydrogens (tertiary/aromatic N) is 2. The fraction of sp³-hybridized carbons (Fsp3) is 0.200. The van der Waals surface area contributed by atoms with Crippen LogP contribution >= 0.6 is 11.3 Å². The molecule has 2 heterocycles. The molecule has 0 radical (unpaired) electrons. The lowest BCUT2D eigenvalue weighted by molar-refractivity contribution is -0.140. The number of hydrogen-bond acceptors (Lipinski definition) is 7. The molecule has 1 aromatic heterocycles. The molecule has 0 amide bonds. The smallest absolute Gasteiger partial charge is 0.341 e. The third kappa shape index (κ3) is 5.07. The van der Waals surface area contributed by atoms with Gasteiger partial charge in [-0.1, -0.05) is 35.6 Å². The number of aromatic nitrogens is 1. The number of esters is 1. The number of carboxylic acids is 1. The Morgan fingerprint density at radius 1 is 1.23 bits per heavy atom. The van der Waals surface area contributed by atoms with E-state index in [0.717, 1.165) is 11.3 Å². The van der Waals surface area contributed by atoms with Gasteiger partial charge in [-0.3, -0.25) is 9.36 Å². The highest BCUT2D eigenvalue weighted by Gasteiger charge is 2.33. The van der Waals surface area contributed by atoms with Crippen LogP contribution in [0.3, 0.4) is 0 Å². The standard InChI is InChI=1S/C25H21FN2O6S/c1-3-33-24(32)21-14(2)27-25-28(22(21)16-7-9-17(26)10-8-16)23(31)19(35-25)12-15-5-4-6-18(11-15)34-13-20(29)30/h4-12,22H,3,13H2,1-2H3,(H,29,30)/t22-/m1/s1. The Kier molecular flexibility index (Phi) is 6.92. The average Bonchev–Trinajstić information content (AvgIpc) is 3.12. The Labute approximate surface area is 202 Å². The third-order valence-corrected chi connectivity index (χ3v) is 6.20. The summed E-state index contributed by atoms with van der Waals surface area (Å²) in [5.74, 6) is -1.79. The van der Waals surface area contributed by atoms with Crippen LogP contribution in [0.25, 0.3) is 6.08 Å². The first kappa shape index (κ1) is 24.1. The zero-order valence-corrected chi connectivity index (χ0v) is 19.7. The molecule has 180 valence electrons. The van der Waals surface area contributed by atoms with E-state index in [4.69, 9.17) is 14.6 Å². The summed E-state index contributed by atoms with van der Waals surface area (Å²) in [4.78, 5) is 42.0. The van der Waals surface area contributed by atoms with Crippen molar-refractivity contribution in [2.75, 3.05) is 13.2 Å². The minimum Gasteiger partial charge on any atom is -0.482 e. The molecule has 0 saturated heterocycles. The predicted octanol–water partition coefficient (Wildman–Crippen LogP) is 2.40. The molecule has 0 spiro atoms.